The van der Waals surface area contributed by atoms with Crippen LogP contribution in [0.15, 0.2) is 36.4 Å². The maximum absolute atomic E-state index is 14.7. The number of rotatable bonds is 8. The molecule has 4 rings (SSSR count). The Bertz CT molecular complexity index is 1100. The van der Waals surface area contributed by atoms with E-state index in [-0.39, 0.29) is 35.7 Å². The van der Waals surface area contributed by atoms with Crippen molar-refractivity contribution in [2.45, 2.75) is 50.4 Å². The Hall–Kier alpha value is -1.97. The molecule has 0 amide bonds. The molecule has 2 aromatic rings. The Labute approximate surface area is 185 Å². The van der Waals surface area contributed by atoms with E-state index >= 15 is 0 Å². The standard InChI is InChI=1S/C23H26F4N2O2S/c1-28-22-11-16-10-21(24)17(12-29-32(30,31)13-14-5-6-14)9-19(16)20(22)8-15-3-2-4-18(7-15)23(25,26)27/h2-4,7,9-10,14,20,22,28-29H,5-6,8,11-13H2,1H3. The van der Waals surface area contributed by atoms with Crippen LogP contribution in [0.25, 0.3) is 0 Å². The molecule has 1 saturated carbocycles. The highest BCUT2D eigenvalue weighted by atomic mass is 32.2. The molecule has 2 aliphatic rings. The topological polar surface area (TPSA) is 58.2 Å². The number of likely N-dealkylation sites (N-methyl/N-ethyl adjacent to an activating group) is 1. The molecule has 2 aromatic carbocycles. The van der Waals surface area contributed by atoms with E-state index in [4.69, 9.17) is 0 Å². The molecule has 4 nitrogen and oxygen atoms in total. The summed E-state index contributed by atoms with van der Waals surface area (Å²) in [5.74, 6) is -0.390. The summed E-state index contributed by atoms with van der Waals surface area (Å²) in [6, 6.07) is 8.30. The van der Waals surface area contributed by atoms with Crippen molar-refractivity contribution in [1.29, 1.82) is 0 Å². The molecule has 0 aliphatic heterocycles. The van der Waals surface area contributed by atoms with Crippen molar-refractivity contribution in [3.63, 3.8) is 0 Å². The van der Waals surface area contributed by atoms with Gasteiger partial charge in [0.2, 0.25) is 10.0 Å². The first-order valence-electron chi connectivity index (χ1n) is 10.7. The summed E-state index contributed by atoms with van der Waals surface area (Å²) in [6.07, 6.45) is -1.70. The first-order valence-corrected chi connectivity index (χ1v) is 12.3. The normalized spacial score (nSPS) is 21.0. The van der Waals surface area contributed by atoms with Gasteiger partial charge >= 0.3 is 6.18 Å². The lowest BCUT2D eigenvalue weighted by molar-refractivity contribution is -0.137. The Balaban J connectivity index is 1.57. The molecule has 0 spiro atoms. The zero-order valence-corrected chi connectivity index (χ0v) is 18.5. The molecule has 0 heterocycles. The fourth-order valence-electron chi connectivity index (χ4n) is 4.46. The number of halogens is 4. The van der Waals surface area contributed by atoms with Crippen molar-refractivity contribution in [3.05, 3.63) is 70.0 Å². The van der Waals surface area contributed by atoms with Gasteiger partial charge in [0.1, 0.15) is 5.82 Å². The number of fused-ring (bicyclic) bond motifs is 1. The van der Waals surface area contributed by atoms with Gasteiger partial charge in [0, 0.05) is 24.1 Å². The van der Waals surface area contributed by atoms with E-state index < -0.39 is 27.6 Å². The van der Waals surface area contributed by atoms with Crippen LogP contribution in [-0.4, -0.2) is 27.3 Å². The van der Waals surface area contributed by atoms with Crippen molar-refractivity contribution in [2.75, 3.05) is 12.8 Å². The lowest BCUT2D eigenvalue weighted by Gasteiger charge is -2.21. The van der Waals surface area contributed by atoms with E-state index in [1.807, 2.05) is 0 Å². The van der Waals surface area contributed by atoms with Gasteiger partial charge in [-0.3, -0.25) is 0 Å². The van der Waals surface area contributed by atoms with E-state index in [9.17, 15) is 26.0 Å². The molecule has 2 unspecified atom stereocenters. The van der Waals surface area contributed by atoms with E-state index in [2.05, 4.69) is 10.0 Å². The van der Waals surface area contributed by atoms with Crippen molar-refractivity contribution in [1.82, 2.24) is 10.0 Å². The molecule has 1 fully saturated rings. The molecular weight excluding hydrogens is 444 g/mol. The second-order valence-electron chi connectivity index (χ2n) is 8.80. The summed E-state index contributed by atoms with van der Waals surface area (Å²) in [4.78, 5) is 0. The van der Waals surface area contributed by atoms with Gasteiger partial charge in [-0.15, -0.1) is 0 Å². The minimum Gasteiger partial charge on any atom is -0.316 e. The average Bonchev–Trinajstić information content (AvgIpc) is 3.46. The number of alkyl halides is 3. The van der Waals surface area contributed by atoms with E-state index in [1.54, 1.807) is 19.2 Å². The van der Waals surface area contributed by atoms with Crippen LogP contribution in [0.4, 0.5) is 17.6 Å². The van der Waals surface area contributed by atoms with Gasteiger partial charge in [0.05, 0.1) is 11.3 Å². The molecule has 174 valence electrons. The summed E-state index contributed by atoms with van der Waals surface area (Å²) in [6.45, 7) is -0.144. The highest BCUT2D eigenvalue weighted by Gasteiger charge is 2.34. The molecule has 32 heavy (non-hydrogen) atoms. The van der Waals surface area contributed by atoms with Gasteiger partial charge in [-0.2, -0.15) is 13.2 Å². The zero-order chi connectivity index (χ0) is 23.1. The third kappa shape index (κ3) is 5.32. The molecule has 0 saturated heterocycles. The smallest absolute Gasteiger partial charge is 0.316 e. The van der Waals surface area contributed by atoms with Gasteiger partial charge in [-0.25, -0.2) is 17.5 Å². The fraction of sp³-hybridized carbons (Fsp3) is 0.478. The number of hydrogen-bond acceptors (Lipinski definition) is 3. The van der Waals surface area contributed by atoms with Gasteiger partial charge in [0.15, 0.2) is 0 Å². The Morgan fingerprint density at radius 1 is 1.12 bits per heavy atom. The largest absolute Gasteiger partial charge is 0.416 e. The highest BCUT2D eigenvalue weighted by Crippen LogP contribution is 2.38. The minimum absolute atomic E-state index is 0.0549. The first kappa shape index (κ1) is 23.2. The molecule has 0 aromatic heterocycles. The summed E-state index contributed by atoms with van der Waals surface area (Å²) >= 11 is 0. The summed E-state index contributed by atoms with van der Waals surface area (Å²) in [5, 5.41) is 3.19. The second-order valence-corrected chi connectivity index (χ2v) is 10.6. The monoisotopic (exact) mass is 470 g/mol. The summed E-state index contributed by atoms with van der Waals surface area (Å²) in [5.41, 5.74) is 1.74. The Kier molecular flexibility index (Phi) is 6.35. The molecule has 0 radical (unpaired) electrons. The summed E-state index contributed by atoms with van der Waals surface area (Å²) < 4.78 is 80.9. The van der Waals surface area contributed by atoms with E-state index in [0.29, 0.717) is 18.4 Å². The van der Waals surface area contributed by atoms with Gasteiger partial charge < -0.3 is 5.32 Å². The number of nitrogens with one attached hydrogen (secondary N) is 2. The quantitative estimate of drug-likeness (QED) is 0.570. The van der Waals surface area contributed by atoms with Crippen LogP contribution >= 0.6 is 0 Å². The number of benzene rings is 2. The summed E-state index contributed by atoms with van der Waals surface area (Å²) in [7, 11) is -1.70. The van der Waals surface area contributed by atoms with Crippen molar-refractivity contribution in [2.24, 2.45) is 5.92 Å². The molecular formula is C23H26F4N2O2S. The molecule has 0 bridgehead atoms. The third-order valence-corrected chi connectivity index (χ3v) is 7.84. The lowest BCUT2D eigenvalue weighted by Crippen LogP contribution is -2.30. The Morgan fingerprint density at radius 3 is 2.53 bits per heavy atom. The maximum Gasteiger partial charge on any atom is 0.416 e. The van der Waals surface area contributed by atoms with Crippen LogP contribution in [0.2, 0.25) is 0 Å². The van der Waals surface area contributed by atoms with Crippen molar-refractivity contribution >= 4 is 10.0 Å². The van der Waals surface area contributed by atoms with E-state index in [1.165, 1.54) is 12.1 Å². The SMILES string of the molecule is CNC1Cc2cc(F)c(CNS(=O)(=O)CC3CC3)cc2C1Cc1cccc(C(F)(F)F)c1. The minimum atomic E-state index is -4.42. The third-order valence-electron chi connectivity index (χ3n) is 6.35. The van der Waals surface area contributed by atoms with Gasteiger partial charge in [-0.1, -0.05) is 24.3 Å². The lowest BCUT2D eigenvalue weighted by atomic mass is 9.89. The Morgan fingerprint density at radius 2 is 1.88 bits per heavy atom. The maximum atomic E-state index is 14.7. The van der Waals surface area contributed by atoms with Crippen molar-refractivity contribution < 1.29 is 26.0 Å². The predicted molar refractivity (Wildman–Crippen MR) is 114 cm³/mol. The van der Waals surface area contributed by atoms with Crippen LogP contribution in [0.5, 0.6) is 0 Å². The van der Waals surface area contributed by atoms with E-state index in [0.717, 1.165) is 36.1 Å². The van der Waals surface area contributed by atoms with Crippen LogP contribution in [0.3, 0.4) is 0 Å². The average molecular weight is 471 g/mol. The zero-order valence-electron chi connectivity index (χ0n) is 17.7. The second kappa shape index (κ2) is 8.76. The predicted octanol–water partition coefficient (Wildman–Crippen LogP) is 4.14. The number of hydrogen-bond donors (Lipinski definition) is 2. The molecule has 2 aliphatic carbocycles. The van der Waals surface area contributed by atoms with Crippen LogP contribution in [-0.2, 0) is 35.6 Å². The molecule has 9 heteroatoms. The van der Waals surface area contributed by atoms with Gasteiger partial charge in [0.25, 0.3) is 0 Å². The first-order chi connectivity index (χ1) is 15.1. The molecule has 2 atom stereocenters. The van der Waals surface area contributed by atoms with Crippen LogP contribution in [0.1, 0.15) is 46.6 Å². The van der Waals surface area contributed by atoms with Crippen LogP contribution in [0, 0.1) is 11.7 Å². The van der Waals surface area contributed by atoms with Gasteiger partial charge in [-0.05, 0) is 67.5 Å². The van der Waals surface area contributed by atoms with Crippen LogP contribution < -0.4 is 10.0 Å². The fourth-order valence-corrected chi connectivity index (χ4v) is 5.90. The van der Waals surface area contributed by atoms with Crippen molar-refractivity contribution in [3.8, 4) is 0 Å². The number of sulfonamides is 1. The molecule has 2 N–H and O–H groups in total. The highest BCUT2D eigenvalue weighted by molar-refractivity contribution is 7.89.